The molecular formula is C15H19BrN2O. The molecule has 19 heavy (non-hydrogen) atoms. The molecule has 2 atom stereocenters. The normalized spacial score (nSPS) is 22.8. The van der Waals surface area contributed by atoms with Gasteiger partial charge < -0.3 is 9.73 Å². The third-order valence-electron chi connectivity index (χ3n) is 3.86. The molecule has 102 valence electrons. The van der Waals surface area contributed by atoms with Gasteiger partial charge in [0.15, 0.2) is 0 Å². The van der Waals surface area contributed by atoms with Gasteiger partial charge in [-0.2, -0.15) is 0 Å². The maximum absolute atomic E-state index is 5.99. The predicted molar refractivity (Wildman–Crippen MR) is 81.4 cm³/mol. The molecule has 0 bridgehead atoms. The van der Waals surface area contributed by atoms with Crippen molar-refractivity contribution in [2.75, 3.05) is 19.6 Å². The molecule has 1 N–H and O–H groups in total. The van der Waals surface area contributed by atoms with Gasteiger partial charge in [0.25, 0.3) is 0 Å². The number of piperazine rings is 1. The minimum atomic E-state index is 0.329. The van der Waals surface area contributed by atoms with Gasteiger partial charge in [-0.25, -0.2) is 0 Å². The van der Waals surface area contributed by atoms with Gasteiger partial charge in [0.1, 0.15) is 11.3 Å². The lowest BCUT2D eigenvalue weighted by Crippen LogP contribution is -2.49. The van der Waals surface area contributed by atoms with Crippen LogP contribution in [0.4, 0.5) is 0 Å². The summed E-state index contributed by atoms with van der Waals surface area (Å²) in [4.78, 5) is 2.48. The topological polar surface area (TPSA) is 28.4 Å². The Morgan fingerprint density at radius 2 is 2.26 bits per heavy atom. The highest BCUT2D eigenvalue weighted by molar-refractivity contribution is 9.10. The lowest BCUT2D eigenvalue weighted by Gasteiger charge is -2.35. The predicted octanol–water partition coefficient (Wildman–Crippen LogP) is 3.55. The average Bonchev–Trinajstić information content (AvgIpc) is 2.80. The number of halogens is 1. The van der Waals surface area contributed by atoms with Crippen molar-refractivity contribution >= 4 is 26.9 Å². The standard InChI is InChI=1S/C15H19BrN2O/c1-10-9-18(6-5-17-10)11(2)15-8-12-7-13(16)3-4-14(12)19-15/h3-4,7-8,10-11,17H,5-6,9H2,1-2H3. The molecule has 2 unspecified atom stereocenters. The summed E-state index contributed by atoms with van der Waals surface area (Å²) in [5, 5.41) is 4.64. The van der Waals surface area contributed by atoms with Crippen LogP contribution < -0.4 is 5.32 Å². The van der Waals surface area contributed by atoms with Crippen LogP contribution in [0.25, 0.3) is 11.0 Å². The van der Waals surface area contributed by atoms with Crippen LogP contribution in [0.2, 0.25) is 0 Å². The van der Waals surface area contributed by atoms with E-state index in [0.717, 1.165) is 35.5 Å². The summed E-state index contributed by atoms with van der Waals surface area (Å²) in [6.45, 7) is 7.66. The molecule has 2 aromatic rings. The van der Waals surface area contributed by atoms with Gasteiger partial charge in [-0.05, 0) is 38.1 Å². The van der Waals surface area contributed by atoms with Crippen molar-refractivity contribution in [3.8, 4) is 0 Å². The molecule has 1 aromatic carbocycles. The molecule has 0 amide bonds. The van der Waals surface area contributed by atoms with E-state index in [4.69, 9.17) is 4.42 Å². The number of fused-ring (bicyclic) bond motifs is 1. The van der Waals surface area contributed by atoms with E-state index in [2.05, 4.69) is 52.1 Å². The number of hydrogen-bond donors (Lipinski definition) is 1. The van der Waals surface area contributed by atoms with Crippen molar-refractivity contribution in [2.24, 2.45) is 0 Å². The minimum Gasteiger partial charge on any atom is -0.459 e. The maximum Gasteiger partial charge on any atom is 0.134 e. The van der Waals surface area contributed by atoms with Crippen LogP contribution in [0, 0.1) is 0 Å². The monoisotopic (exact) mass is 322 g/mol. The van der Waals surface area contributed by atoms with Crippen molar-refractivity contribution in [3.05, 3.63) is 34.5 Å². The van der Waals surface area contributed by atoms with E-state index in [0.29, 0.717) is 12.1 Å². The first-order chi connectivity index (χ1) is 9.13. The van der Waals surface area contributed by atoms with Gasteiger partial charge in [0.05, 0.1) is 6.04 Å². The second-order valence-corrected chi connectivity index (χ2v) is 6.27. The largest absolute Gasteiger partial charge is 0.459 e. The molecule has 0 saturated carbocycles. The van der Waals surface area contributed by atoms with Crippen LogP contribution in [-0.4, -0.2) is 30.6 Å². The van der Waals surface area contributed by atoms with Crippen LogP contribution in [0.1, 0.15) is 25.6 Å². The Labute approximate surface area is 122 Å². The van der Waals surface area contributed by atoms with E-state index in [1.807, 2.05) is 12.1 Å². The Bertz CT molecular complexity index is 581. The van der Waals surface area contributed by atoms with Gasteiger partial charge in [0.2, 0.25) is 0 Å². The summed E-state index contributed by atoms with van der Waals surface area (Å²) in [5.41, 5.74) is 0.966. The fourth-order valence-corrected chi connectivity index (χ4v) is 3.11. The highest BCUT2D eigenvalue weighted by atomic mass is 79.9. The molecule has 1 aliphatic rings. The van der Waals surface area contributed by atoms with Gasteiger partial charge in [-0.1, -0.05) is 15.9 Å². The fourth-order valence-electron chi connectivity index (χ4n) is 2.73. The first kappa shape index (κ1) is 13.2. The summed E-state index contributed by atoms with van der Waals surface area (Å²) in [6, 6.07) is 9.20. The lowest BCUT2D eigenvalue weighted by molar-refractivity contribution is 0.145. The average molecular weight is 323 g/mol. The molecule has 0 aliphatic carbocycles. The van der Waals surface area contributed by atoms with Crippen molar-refractivity contribution in [1.82, 2.24) is 10.2 Å². The van der Waals surface area contributed by atoms with E-state index < -0.39 is 0 Å². The Morgan fingerprint density at radius 3 is 3.05 bits per heavy atom. The minimum absolute atomic E-state index is 0.329. The second-order valence-electron chi connectivity index (χ2n) is 5.36. The van der Waals surface area contributed by atoms with Crippen molar-refractivity contribution in [1.29, 1.82) is 0 Å². The third kappa shape index (κ3) is 2.71. The highest BCUT2D eigenvalue weighted by Gasteiger charge is 2.23. The van der Waals surface area contributed by atoms with Crippen LogP contribution in [-0.2, 0) is 0 Å². The SMILES string of the molecule is CC1CN(C(C)c2cc3cc(Br)ccc3o2)CCN1. The number of benzene rings is 1. The molecular weight excluding hydrogens is 304 g/mol. The molecule has 3 rings (SSSR count). The number of nitrogens with one attached hydrogen (secondary N) is 1. The van der Waals surface area contributed by atoms with E-state index >= 15 is 0 Å². The Morgan fingerprint density at radius 1 is 1.42 bits per heavy atom. The van der Waals surface area contributed by atoms with Gasteiger partial charge in [0, 0.05) is 35.5 Å². The van der Waals surface area contributed by atoms with E-state index in [1.54, 1.807) is 0 Å². The van der Waals surface area contributed by atoms with Crippen LogP contribution >= 0.6 is 15.9 Å². The zero-order chi connectivity index (χ0) is 13.4. The van der Waals surface area contributed by atoms with Crippen LogP contribution in [0.15, 0.2) is 33.2 Å². The van der Waals surface area contributed by atoms with E-state index in [-0.39, 0.29) is 0 Å². The molecule has 0 spiro atoms. The molecule has 4 heteroatoms. The van der Waals surface area contributed by atoms with E-state index in [9.17, 15) is 0 Å². The number of hydrogen-bond acceptors (Lipinski definition) is 3. The van der Waals surface area contributed by atoms with Crippen molar-refractivity contribution in [2.45, 2.75) is 25.9 Å². The summed E-state index contributed by atoms with van der Waals surface area (Å²) >= 11 is 3.50. The molecule has 1 aliphatic heterocycles. The third-order valence-corrected chi connectivity index (χ3v) is 4.35. The first-order valence-corrected chi connectivity index (χ1v) is 7.59. The molecule has 1 aromatic heterocycles. The molecule has 1 saturated heterocycles. The molecule has 3 nitrogen and oxygen atoms in total. The Hall–Kier alpha value is -0.840. The van der Waals surface area contributed by atoms with Gasteiger partial charge in [-0.15, -0.1) is 0 Å². The number of furan rings is 1. The summed E-state index contributed by atoms with van der Waals surface area (Å²) < 4.78 is 7.08. The Kier molecular flexibility index (Phi) is 3.65. The molecule has 0 radical (unpaired) electrons. The van der Waals surface area contributed by atoms with Crippen LogP contribution in [0.5, 0.6) is 0 Å². The summed E-state index contributed by atoms with van der Waals surface area (Å²) in [5.74, 6) is 1.06. The van der Waals surface area contributed by atoms with Crippen LogP contribution in [0.3, 0.4) is 0 Å². The number of nitrogens with zero attached hydrogens (tertiary/aromatic N) is 1. The first-order valence-electron chi connectivity index (χ1n) is 6.80. The summed E-state index contributed by atoms with van der Waals surface area (Å²) in [7, 11) is 0. The van der Waals surface area contributed by atoms with Gasteiger partial charge in [-0.3, -0.25) is 4.90 Å². The summed E-state index contributed by atoms with van der Waals surface area (Å²) in [6.07, 6.45) is 0. The van der Waals surface area contributed by atoms with Crippen molar-refractivity contribution < 1.29 is 4.42 Å². The molecule has 1 fully saturated rings. The zero-order valence-corrected chi connectivity index (χ0v) is 12.9. The second kappa shape index (κ2) is 5.27. The number of rotatable bonds is 2. The van der Waals surface area contributed by atoms with E-state index in [1.165, 1.54) is 5.39 Å². The Balaban J connectivity index is 1.86. The van der Waals surface area contributed by atoms with Gasteiger partial charge >= 0.3 is 0 Å². The maximum atomic E-state index is 5.99. The fraction of sp³-hybridized carbons (Fsp3) is 0.467. The smallest absolute Gasteiger partial charge is 0.134 e. The molecule has 2 heterocycles. The van der Waals surface area contributed by atoms with Crippen molar-refractivity contribution in [3.63, 3.8) is 0 Å². The quantitative estimate of drug-likeness (QED) is 0.916. The lowest BCUT2D eigenvalue weighted by atomic mass is 10.1. The highest BCUT2D eigenvalue weighted by Crippen LogP contribution is 2.29. The zero-order valence-electron chi connectivity index (χ0n) is 11.3.